The Morgan fingerprint density at radius 3 is 2.53 bits per heavy atom. The molecule has 0 rings (SSSR count). The Kier molecular flexibility index (Phi) is 6.21. The van der Waals surface area contributed by atoms with Crippen molar-refractivity contribution < 1.29 is 13.9 Å². The first-order chi connectivity index (χ1) is 6.85. The number of hydrogen-bond donors (Lipinski definition) is 0. The average molecular weight is 216 g/mol. The minimum Gasteiger partial charge on any atom is -0.457 e. The van der Waals surface area contributed by atoms with Crippen molar-refractivity contribution in [2.24, 2.45) is 0 Å². The van der Waals surface area contributed by atoms with Crippen LogP contribution in [0.3, 0.4) is 0 Å². The Bertz CT molecular complexity index is 216. The number of hydrogen-bond acceptors (Lipinski definition) is 2. The Morgan fingerprint density at radius 1 is 1.47 bits per heavy atom. The molecule has 0 aliphatic rings. The first kappa shape index (κ1) is 14.1. The number of rotatable bonds is 5. The lowest BCUT2D eigenvalue weighted by Crippen LogP contribution is -2.22. The monoisotopic (exact) mass is 216 g/mol. The molecule has 15 heavy (non-hydrogen) atoms. The summed E-state index contributed by atoms with van der Waals surface area (Å²) >= 11 is 0. The van der Waals surface area contributed by atoms with Gasteiger partial charge in [-0.1, -0.05) is 19.8 Å². The van der Waals surface area contributed by atoms with Gasteiger partial charge in [0.15, 0.2) is 0 Å². The number of halogens is 1. The lowest BCUT2D eigenvalue weighted by Gasteiger charge is -2.18. The molecule has 0 spiro atoms. The summed E-state index contributed by atoms with van der Waals surface area (Å²) in [6, 6.07) is 0. The summed E-state index contributed by atoms with van der Waals surface area (Å²) in [6.45, 7) is 7.35. The molecule has 0 aromatic rings. The number of carbonyl (C=O) groups is 1. The third kappa shape index (κ3) is 9.44. The standard InChI is InChI=1S/C12H21FO2/c1-5-6-7-10(13)8-9-11(14)15-12(2,3)4/h8-10H,5-7H2,1-4H3/b9-8+. The molecule has 0 saturated carbocycles. The molecule has 0 fully saturated rings. The number of ether oxygens (including phenoxy) is 1. The maximum Gasteiger partial charge on any atom is 0.331 e. The van der Waals surface area contributed by atoms with E-state index in [0.717, 1.165) is 12.8 Å². The van der Waals surface area contributed by atoms with Crippen LogP contribution in [-0.4, -0.2) is 17.7 Å². The van der Waals surface area contributed by atoms with Gasteiger partial charge in [0.25, 0.3) is 0 Å². The van der Waals surface area contributed by atoms with Crippen molar-refractivity contribution in [2.45, 2.75) is 58.7 Å². The van der Waals surface area contributed by atoms with Crippen LogP contribution < -0.4 is 0 Å². The highest BCUT2D eigenvalue weighted by Gasteiger charge is 2.14. The Morgan fingerprint density at radius 2 is 2.07 bits per heavy atom. The van der Waals surface area contributed by atoms with Crippen LogP contribution in [0.4, 0.5) is 4.39 Å². The van der Waals surface area contributed by atoms with Crippen molar-refractivity contribution in [1.82, 2.24) is 0 Å². The number of unbranched alkanes of at least 4 members (excludes halogenated alkanes) is 1. The molecule has 0 aliphatic carbocycles. The minimum atomic E-state index is -1.04. The van der Waals surface area contributed by atoms with Crippen molar-refractivity contribution in [3.8, 4) is 0 Å². The molecule has 0 aliphatic heterocycles. The third-order valence-corrected chi connectivity index (χ3v) is 1.68. The highest BCUT2D eigenvalue weighted by atomic mass is 19.1. The molecule has 1 atom stereocenters. The molecule has 88 valence electrons. The molecule has 0 amide bonds. The zero-order valence-electron chi connectivity index (χ0n) is 10.0. The number of esters is 1. The second kappa shape index (κ2) is 6.59. The van der Waals surface area contributed by atoms with Crippen LogP contribution in [-0.2, 0) is 9.53 Å². The fourth-order valence-electron chi connectivity index (χ4n) is 1.01. The molecule has 0 heterocycles. The summed E-state index contributed by atoms with van der Waals surface area (Å²) in [4.78, 5) is 11.2. The predicted octanol–water partition coefficient (Wildman–Crippen LogP) is 3.41. The predicted molar refractivity (Wildman–Crippen MR) is 59.4 cm³/mol. The Balaban J connectivity index is 3.90. The maximum atomic E-state index is 13.1. The Hall–Kier alpha value is -0.860. The molecule has 2 nitrogen and oxygen atoms in total. The molecule has 0 saturated heterocycles. The first-order valence-corrected chi connectivity index (χ1v) is 5.40. The van der Waals surface area contributed by atoms with Crippen LogP contribution in [0.2, 0.25) is 0 Å². The van der Waals surface area contributed by atoms with Crippen LogP contribution in [0.5, 0.6) is 0 Å². The highest BCUT2D eigenvalue weighted by molar-refractivity contribution is 5.82. The lowest BCUT2D eigenvalue weighted by atomic mass is 10.1. The quantitative estimate of drug-likeness (QED) is 0.520. The summed E-state index contributed by atoms with van der Waals surface area (Å²) in [5.41, 5.74) is -0.517. The van der Waals surface area contributed by atoms with E-state index in [1.54, 1.807) is 20.8 Å². The topological polar surface area (TPSA) is 26.3 Å². The second-order valence-corrected chi connectivity index (χ2v) is 4.55. The molecule has 0 aromatic carbocycles. The van der Waals surface area contributed by atoms with Gasteiger partial charge in [-0.2, -0.15) is 0 Å². The van der Waals surface area contributed by atoms with Crippen LogP contribution in [0.25, 0.3) is 0 Å². The highest BCUT2D eigenvalue weighted by Crippen LogP contribution is 2.09. The first-order valence-electron chi connectivity index (χ1n) is 5.40. The fourth-order valence-corrected chi connectivity index (χ4v) is 1.01. The minimum absolute atomic E-state index is 0.468. The van der Waals surface area contributed by atoms with Gasteiger partial charge in [-0.15, -0.1) is 0 Å². The molecule has 0 radical (unpaired) electrons. The van der Waals surface area contributed by atoms with Gasteiger partial charge in [-0.05, 0) is 33.3 Å². The van der Waals surface area contributed by atoms with Crippen LogP contribution in [0.1, 0.15) is 47.0 Å². The van der Waals surface area contributed by atoms with Crippen LogP contribution in [0, 0.1) is 0 Å². The molecular weight excluding hydrogens is 195 g/mol. The average Bonchev–Trinajstić information content (AvgIpc) is 2.08. The number of alkyl halides is 1. The number of allylic oxidation sites excluding steroid dienone is 1. The summed E-state index contributed by atoms with van der Waals surface area (Å²) in [7, 11) is 0. The third-order valence-electron chi connectivity index (χ3n) is 1.68. The van der Waals surface area contributed by atoms with Crippen LogP contribution in [0.15, 0.2) is 12.2 Å². The summed E-state index contributed by atoms with van der Waals surface area (Å²) in [6.07, 6.45) is 3.66. The second-order valence-electron chi connectivity index (χ2n) is 4.55. The van der Waals surface area contributed by atoms with E-state index in [9.17, 15) is 9.18 Å². The molecule has 0 aromatic heterocycles. The van der Waals surface area contributed by atoms with Gasteiger partial charge in [-0.25, -0.2) is 9.18 Å². The van der Waals surface area contributed by atoms with Crippen molar-refractivity contribution in [1.29, 1.82) is 0 Å². The summed E-state index contributed by atoms with van der Waals surface area (Å²) in [5.74, 6) is -0.485. The van der Waals surface area contributed by atoms with E-state index in [2.05, 4.69) is 0 Å². The zero-order valence-corrected chi connectivity index (χ0v) is 10.0. The van der Waals surface area contributed by atoms with Gasteiger partial charge in [0.05, 0.1) is 0 Å². The van der Waals surface area contributed by atoms with E-state index in [0.29, 0.717) is 6.42 Å². The van der Waals surface area contributed by atoms with E-state index < -0.39 is 17.7 Å². The van der Waals surface area contributed by atoms with Gasteiger partial charge in [0, 0.05) is 6.08 Å². The summed E-state index contributed by atoms with van der Waals surface area (Å²) in [5, 5.41) is 0. The van der Waals surface area contributed by atoms with Gasteiger partial charge < -0.3 is 4.74 Å². The van der Waals surface area contributed by atoms with Crippen molar-refractivity contribution in [2.75, 3.05) is 0 Å². The van der Waals surface area contributed by atoms with Crippen molar-refractivity contribution >= 4 is 5.97 Å². The molecule has 3 heteroatoms. The largest absolute Gasteiger partial charge is 0.457 e. The van der Waals surface area contributed by atoms with Crippen LogP contribution >= 0.6 is 0 Å². The van der Waals surface area contributed by atoms with Gasteiger partial charge in [0.2, 0.25) is 0 Å². The molecular formula is C12H21FO2. The zero-order chi connectivity index (χ0) is 11.9. The lowest BCUT2D eigenvalue weighted by molar-refractivity contribution is -0.148. The van der Waals surface area contributed by atoms with Gasteiger partial charge >= 0.3 is 5.97 Å². The molecule has 0 bridgehead atoms. The molecule has 1 unspecified atom stereocenters. The smallest absolute Gasteiger partial charge is 0.331 e. The normalized spacial score (nSPS) is 14.2. The Labute approximate surface area is 91.5 Å². The number of carbonyl (C=O) groups excluding carboxylic acids is 1. The molecule has 0 N–H and O–H groups in total. The van der Waals surface area contributed by atoms with E-state index in [-0.39, 0.29) is 0 Å². The SMILES string of the molecule is CCCCC(F)/C=C/C(=O)OC(C)(C)C. The van der Waals surface area contributed by atoms with Crippen molar-refractivity contribution in [3.05, 3.63) is 12.2 Å². The van der Waals surface area contributed by atoms with E-state index >= 15 is 0 Å². The van der Waals surface area contributed by atoms with E-state index in [1.165, 1.54) is 12.2 Å². The maximum absolute atomic E-state index is 13.1. The van der Waals surface area contributed by atoms with E-state index in [1.807, 2.05) is 6.92 Å². The van der Waals surface area contributed by atoms with Crippen molar-refractivity contribution in [3.63, 3.8) is 0 Å². The van der Waals surface area contributed by atoms with E-state index in [4.69, 9.17) is 4.74 Å². The summed E-state index contributed by atoms with van der Waals surface area (Å²) < 4.78 is 18.1. The fraction of sp³-hybridized carbons (Fsp3) is 0.750. The van der Waals surface area contributed by atoms with Gasteiger partial charge in [0.1, 0.15) is 11.8 Å². The van der Waals surface area contributed by atoms with Gasteiger partial charge in [-0.3, -0.25) is 0 Å².